The zero-order valence-corrected chi connectivity index (χ0v) is 8.53. The zero-order chi connectivity index (χ0) is 10.7. The van der Waals surface area contributed by atoms with Gasteiger partial charge in [-0.25, -0.2) is 0 Å². The van der Waals surface area contributed by atoms with Crippen LogP contribution < -0.4 is 11.1 Å². The molecule has 1 aliphatic carbocycles. The fourth-order valence-electron chi connectivity index (χ4n) is 1.42. The second-order valence-corrected chi connectivity index (χ2v) is 3.81. The topological polar surface area (TPSA) is 87.7 Å². The molecule has 0 aromatic carbocycles. The summed E-state index contributed by atoms with van der Waals surface area (Å²) in [5, 5.41) is 14.1. The molecule has 1 fully saturated rings. The van der Waals surface area contributed by atoms with E-state index in [0.717, 1.165) is 6.42 Å². The summed E-state index contributed by atoms with van der Waals surface area (Å²) in [5.74, 6) is 0.667. The smallest absolute Gasteiger partial charge is 0.223 e. The van der Waals surface area contributed by atoms with Gasteiger partial charge in [0.2, 0.25) is 5.91 Å². The Kier molecular flexibility index (Phi) is 3.33. The molecule has 80 valence electrons. The summed E-state index contributed by atoms with van der Waals surface area (Å²) in [5.41, 5.74) is 5.42. The average molecular weight is 199 g/mol. The molecule has 3 atom stereocenters. The normalized spacial score (nSPS) is 28.3. The molecule has 0 radical (unpaired) electrons. The van der Waals surface area contributed by atoms with Crippen molar-refractivity contribution in [1.82, 2.24) is 5.32 Å². The number of amides is 1. The monoisotopic (exact) mass is 199 g/mol. The molecule has 1 aliphatic rings. The number of oxime groups is 1. The molecule has 0 aliphatic heterocycles. The van der Waals surface area contributed by atoms with Gasteiger partial charge in [0, 0.05) is 5.92 Å². The lowest BCUT2D eigenvalue weighted by atomic mass is 10.2. The van der Waals surface area contributed by atoms with Gasteiger partial charge in [-0.05, 0) is 18.8 Å². The number of rotatable bonds is 4. The Bertz CT molecular complexity index is 252. The molecule has 1 rings (SSSR count). The lowest BCUT2D eigenvalue weighted by molar-refractivity contribution is -0.122. The molecule has 5 heteroatoms. The first-order valence-electron chi connectivity index (χ1n) is 4.87. The Morgan fingerprint density at radius 1 is 1.79 bits per heavy atom. The van der Waals surface area contributed by atoms with Crippen LogP contribution in [0.15, 0.2) is 5.16 Å². The number of nitrogens with zero attached hydrogens (tertiary/aromatic N) is 1. The van der Waals surface area contributed by atoms with Gasteiger partial charge in [0.15, 0.2) is 5.84 Å². The Balaban J connectivity index is 2.44. The van der Waals surface area contributed by atoms with Crippen LogP contribution in [0.1, 0.15) is 26.7 Å². The van der Waals surface area contributed by atoms with Crippen molar-refractivity contribution in [3.05, 3.63) is 0 Å². The van der Waals surface area contributed by atoms with Crippen LogP contribution in [0.5, 0.6) is 0 Å². The maximum absolute atomic E-state index is 11.5. The molecule has 0 heterocycles. The van der Waals surface area contributed by atoms with Crippen LogP contribution in [0.2, 0.25) is 0 Å². The van der Waals surface area contributed by atoms with E-state index in [4.69, 9.17) is 10.9 Å². The van der Waals surface area contributed by atoms with Gasteiger partial charge < -0.3 is 16.3 Å². The summed E-state index contributed by atoms with van der Waals surface area (Å²) in [6.07, 6.45) is 1.57. The van der Waals surface area contributed by atoms with E-state index < -0.39 is 0 Å². The lowest BCUT2D eigenvalue weighted by Gasteiger charge is -2.14. The van der Waals surface area contributed by atoms with Crippen LogP contribution >= 0.6 is 0 Å². The first-order chi connectivity index (χ1) is 6.60. The number of carbonyl (C=O) groups excluding carboxylic acids is 1. The van der Waals surface area contributed by atoms with Gasteiger partial charge in [-0.3, -0.25) is 4.79 Å². The predicted molar refractivity (Wildman–Crippen MR) is 52.9 cm³/mol. The Morgan fingerprint density at radius 2 is 2.36 bits per heavy atom. The second-order valence-electron chi connectivity index (χ2n) is 3.81. The molecule has 0 saturated heterocycles. The predicted octanol–water partition coefficient (Wildman–Crippen LogP) is 0.284. The molecule has 0 aromatic heterocycles. The molecular weight excluding hydrogens is 182 g/mol. The zero-order valence-electron chi connectivity index (χ0n) is 8.53. The number of carbonyl (C=O) groups is 1. The summed E-state index contributed by atoms with van der Waals surface area (Å²) >= 11 is 0. The van der Waals surface area contributed by atoms with Gasteiger partial charge in [0.25, 0.3) is 0 Å². The van der Waals surface area contributed by atoms with Crippen molar-refractivity contribution in [2.75, 3.05) is 0 Å². The van der Waals surface area contributed by atoms with E-state index in [0.29, 0.717) is 12.3 Å². The van der Waals surface area contributed by atoms with Gasteiger partial charge in [-0.1, -0.05) is 19.0 Å². The van der Waals surface area contributed by atoms with Crippen molar-refractivity contribution in [1.29, 1.82) is 0 Å². The van der Waals surface area contributed by atoms with Crippen LogP contribution in [-0.2, 0) is 4.79 Å². The minimum atomic E-state index is -0.347. The third-order valence-corrected chi connectivity index (χ3v) is 2.64. The fourth-order valence-corrected chi connectivity index (χ4v) is 1.42. The number of nitrogens with one attached hydrogen (secondary N) is 1. The SMILES string of the molecule is CCC(NC(=O)C1CC1C)/C(N)=N/O. The first-order valence-corrected chi connectivity index (χ1v) is 4.87. The van der Waals surface area contributed by atoms with E-state index >= 15 is 0 Å². The summed E-state index contributed by atoms with van der Waals surface area (Å²) < 4.78 is 0. The highest BCUT2D eigenvalue weighted by atomic mass is 16.4. The third-order valence-electron chi connectivity index (χ3n) is 2.64. The van der Waals surface area contributed by atoms with Gasteiger partial charge in [-0.2, -0.15) is 0 Å². The van der Waals surface area contributed by atoms with Crippen LogP contribution in [0, 0.1) is 11.8 Å². The van der Waals surface area contributed by atoms with E-state index in [2.05, 4.69) is 10.5 Å². The maximum Gasteiger partial charge on any atom is 0.223 e. The largest absolute Gasteiger partial charge is 0.409 e. The van der Waals surface area contributed by atoms with Gasteiger partial charge >= 0.3 is 0 Å². The molecule has 0 bridgehead atoms. The minimum absolute atomic E-state index is 0.0101. The van der Waals surface area contributed by atoms with Crippen molar-refractivity contribution in [2.45, 2.75) is 32.7 Å². The van der Waals surface area contributed by atoms with Crippen LogP contribution in [0.3, 0.4) is 0 Å². The van der Waals surface area contributed by atoms with Crippen LogP contribution in [0.4, 0.5) is 0 Å². The summed E-state index contributed by atoms with van der Waals surface area (Å²) in [6.45, 7) is 3.91. The van der Waals surface area contributed by atoms with Gasteiger partial charge in [-0.15, -0.1) is 0 Å². The Labute approximate surface area is 83.3 Å². The molecule has 3 unspecified atom stereocenters. The highest BCUT2D eigenvalue weighted by molar-refractivity contribution is 5.91. The van der Waals surface area contributed by atoms with E-state index in [-0.39, 0.29) is 23.7 Å². The van der Waals surface area contributed by atoms with Gasteiger partial charge in [0.1, 0.15) is 0 Å². The third kappa shape index (κ3) is 2.37. The van der Waals surface area contributed by atoms with Crippen LogP contribution in [-0.4, -0.2) is 23.0 Å². The molecule has 4 N–H and O–H groups in total. The second kappa shape index (κ2) is 4.30. The molecule has 0 spiro atoms. The van der Waals surface area contributed by atoms with Crippen molar-refractivity contribution < 1.29 is 10.0 Å². The summed E-state index contributed by atoms with van der Waals surface area (Å²) in [7, 11) is 0. The molecule has 0 aromatic rings. The van der Waals surface area contributed by atoms with Crippen molar-refractivity contribution >= 4 is 11.7 Å². The van der Waals surface area contributed by atoms with Gasteiger partial charge in [0.05, 0.1) is 6.04 Å². The van der Waals surface area contributed by atoms with Crippen molar-refractivity contribution in [3.63, 3.8) is 0 Å². The van der Waals surface area contributed by atoms with Crippen LogP contribution in [0.25, 0.3) is 0 Å². The lowest BCUT2D eigenvalue weighted by Crippen LogP contribution is -2.44. The first kappa shape index (κ1) is 10.8. The Hall–Kier alpha value is -1.26. The van der Waals surface area contributed by atoms with Crippen molar-refractivity contribution in [2.24, 2.45) is 22.7 Å². The van der Waals surface area contributed by atoms with Crippen molar-refractivity contribution in [3.8, 4) is 0 Å². The molecular formula is C9H17N3O2. The number of nitrogens with two attached hydrogens (primary N) is 1. The standard InChI is InChI=1S/C9H17N3O2/c1-3-7(8(10)12-14)11-9(13)6-4-5(6)2/h5-7,14H,3-4H2,1-2H3,(H2,10,12)(H,11,13). The Morgan fingerprint density at radius 3 is 2.71 bits per heavy atom. The summed E-state index contributed by atoms with van der Waals surface area (Å²) in [4.78, 5) is 11.5. The average Bonchev–Trinajstić information content (AvgIpc) is 2.90. The number of hydrogen-bond acceptors (Lipinski definition) is 3. The highest BCUT2D eigenvalue weighted by Crippen LogP contribution is 2.37. The fraction of sp³-hybridized carbons (Fsp3) is 0.778. The molecule has 1 amide bonds. The van der Waals surface area contributed by atoms with E-state index in [9.17, 15) is 4.79 Å². The number of hydrogen-bond donors (Lipinski definition) is 3. The maximum atomic E-state index is 11.5. The highest BCUT2D eigenvalue weighted by Gasteiger charge is 2.39. The van der Waals surface area contributed by atoms with E-state index in [1.165, 1.54) is 0 Å². The minimum Gasteiger partial charge on any atom is -0.409 e. The quantitative estimate of drug-likeness (QED) is 0.263. The van der Waals surface area contributed by atoms with E-state index in [1.54, 1.807) is 0 Å². The summed E-state index contributed by atoms with van der Waals surface area (Å²) in [6, 6.07) is -0.347. The molecule has 5 nitrogen and oxygen atoms in total. The number of amidine groups is 1. The molecule has 14 heavy (non-hydrogen) atoms. The molecule has 1 saturated carbocycles. The van der Waals surface area contributed by atoms with E-state index in [1.807, 2.05) is 13.8 Å².